The van der Waals surface area contributed by atoms with Crippen LogP contribution in [-0.4, -0.2) is 40.3 Å². The molecule has 0 aliphatic rings. The predicted octanol–water partition coefficient (Wildman–Crippen LogP) is 5.35. The quantitative estimate of drug-likeness (QED) is 0.144. The Bertz CT molecular complexity index is 1480. The summed E-state index contributed by atoms with van der Waals surface area (Å²) in [6, 6.07) is 17.2. The first-order chi connectivity index (χ1) is 18.3. The minimum atomic E-state index is -0.462. The lowest BCUT2D eigenvalue weighted by molar-refractivity contribution is -0.384. The van der Waals surface area contributed by atoms with Gasteiger partial charge in [-0.2, -0.15) is 20.1 Å². The second-order valence-electron chi connectivity index (χ2n) is 8.14. The Morgan fingerprint density at radius 3 is 2.11 bits per heavy atom. The van der Waals surface area contributed by atoms with Crippen LogP contribution in [0.3, 0.4) is 0 Å². The molecule has 194 valence electrons. The molecule has 0 bridgehead atoms. The summed E-state index contributed by atoms with van der Waals surface area (Å²) in [7, 11) is 3.14. The Hall–Kier alpha value is -5.26. The van der Waals surface area contributed by atoms with Gasteiger partial charge in [-0.15, -0.1) is 0 Å². The minimum Gasteiger partial charge on any atom is -0.497 e. The number of aryl methyl sites for hydroxylation is 2. The van der Waals surface area contributed by atoms with Crippen molar-refractivity contribution < 1.29 is 14.4 Å². The fourth-order valence-electron chi connectivity index (χ4n) is 3.37. The number of methoxy groups -OCH3 is 2. The Morgan fingerprint density at radius 2 is 1.47 bits per heavy atom. The second kappa shape index (κ2) is 11.6. The van der Waals surface area contributed by atoms with Crippen molar-refractivity contribution in [1.82, 2.24) is 15.0 Å². The SMILES string of the molecule is COc1ccc(C=NNc2nc(Nc3ccc([N+](=O)[O-])cc3)nc(Nc3ccc(C)c(C)c3)n2)c(OC)c1. The Labute approximate surface area is 218 Å². The molecule has 1 heterocycles. The van der Waals surface area contributed by atoms with Crippen LogP contribution in [0.25, 0.3) is 0 Å². The highest BCUT2D eigenvalue weighted by atomic mass is 16.6. The third-order valence-corrected chi connectivity index (χ3v) is 5.54. The van der Waals surface area contributed by atoms with Gasteiger partial charge in [-0.05, 0) is 61.4 Å². The van der Waals surface area contributed by atoms with Crippen LogP contribution in [0.1, 0.15) is 16.7 Å². The van der Waals surface area contributed by atoms with Crippen LogP contribution in [-0.2, 0) is 0 Å². The normalized spacial score (nSPS) is 10.7. The number of aromatic nitrogens is 3. The van der Waals surface area contributed by atoms with Crippen molar-refractivity contribution in [3.63, 3.8) is 0 Å². The van der Waals surface area contributed by atoms with Gasteiger partial charge in [0.1, 0.15) is 11.5 Å². The summed E-state index contributed by atoms with van der Waals surface area (Å²) in [4.78, 5) is 23.7. The molecule has 3 N–H and O–H groups in total. The number of anilines is 5. The molecule has 38 heavy (non-hydrogen) atoms. The van der Waals surface area contributed by atoms with Gasteiger partial charge in [-0.1, -0.05) is 6.07 Å². The summed E-state index contributed by atoms with van der Waals surface area (Å²) < 4.78 is 10.6. The molecule has 4 aromatic rings. The zero-order chi connectivity index (χ0) is 27.1. The van der Waals surface area contributed by atoms with E-state index in [-0.39, 0.29) is 23.5 Å². The topological polar surface area (TPSA) is 149 Å². The Kier molecular flexibility index (Phi) is 7.92. The van der Waals surface area contributed by atoms with Crippen LogP contribution in [0.5, 0.6) is 11.5 Å². The van der Waals surface area contributed by atoms with Gasteiger partial charge < -0.3 is 20.1 Å². The van der Waals surface area contributed by atoms with Crippen LogP contribution in [0, 0.1) is 24.0 Å². The maximum atomic E-state index is 11.0. The lowest BCUT2D eigenvalue weighted by atomic mass is 10.1. The summed E-state index contributed by atoms with van der Waals surface area (Å²) >= 11 is 0. The number of nitrogens with zero attached hydrogens (tertiary/aromatic N) is 5. The van der Waals surface area contributed by atoms with Gasteiger partial charge in [-0.25, -0.2) is 5.43 Å². The van der Waals surface area contributed by atoms with Crippen molar-refractivity contribution in [3.8, 4) is 11.5 Å². The molecule has 1 aromatic heterocycles. The largest absolute Gasteiger partial charge is 0.497 e. The molecule has 12 nitrogen and oxygen atoms in total. The van der Waals surface area contributed by atoms with Crippen LogP contribution in [0.4, 0.5) is 34.9 Å². The molecule has 0 radical (unpaired) electrons. The third kappa shape index (κ3) is 6.49. The molecule has 0 unspecified atom stereocenters. The zero-order valence-electron chi connectivity index (χ0n) is 21.2. The first-order valence-corrected chi connectivity index (χ1v) is 11.5. The number of nitro groups is 1. The molecule has 0 aliphatic heterocycles. The van der Waals surface area contributed by atoms with E-state index in [1.807, 2.05) is 38.1 Å². The van der Waals surface area contributed by atoms with Crippen molar-refractivity contribution in [2.75, 3.05) is 30.3 Å². The predicted molar refractivity (Wildman–Crippen MR) is 146 cm³/mol. The molecule has 0 aliphatic carbocycles. The maximum Gasteiger partial charge on any atom is 0.269 e. The number of rotatable bonds is 10. The average molecular weight is 515 g/mol. The second-order valence-corrected chi connectivity index (χ2v) is 8.14. The standard InChI is InChI=1S/C26H26N8O4/c1-16-5-7-20(13-17(16)2)29-25-30-24(28-19-8-10-21(11-9-19)34(35)36)31-26(32-25)33-27-15-18-6-12-22(37-3)14-23(18)38-4/h5-15H,1-4H3,(H3,28,29,30,31,32,33). The molecule has 4 rings (SSSR count). The van der Waals surface area contributed by atoms with Crippen LogP contribution < -0.4 is 25.5 Å². The van der Waals surface area contributed by atoms with E-state index in [1.54, 1.807) is 44.7 Å². The van der Waals surface area contributed by atoms with Gasteiger partial charge in [-0.3, -0.25) is 10.1 Å². The number of hydrazone groups is 1. The van der Waals surface area contributed by atoms with Gasteiger partial charge in [0.2, 0.25) is 17.8 Å². The molecular formula is C26H26N8O4. The maximum absolute atomic E-state index is 11.0. The summed E-state index contributed by atoms with van der Waals surface area (Å²) in [5.41, 5.74) is 7.17. The number of ether oxygens (including phenoxy) is 2. The van der Waals surface area contributed by atoms with Gasteiger partial charge in [0.05, 0.1) is 25.4 Å². The first kappa shape index (κ1) is 25.8. The molecule has 0 spiro atoms. The lowest BCUT2D eigenvalue weighted by Gasteiger charge is -2.11. The highest BCUT2D eigenvalue weighted by Gasteiger charge is 2.10. The summed E-state index contributed by atoms with van der Waals surface area (Å²) in [6.45, 7) is 4.05. The highest BCUT2D eigenvalue weighted by Crippen LogP contribution is 2.24. The summed E-state index contributed by atoms with van der Waals surface area (Å²) in [6.07, 6.45) is 1.57. The number of non-ortho nitro benzene ring substituents is 1. The van der Waals surface area contributed by atoms with E-state index < -0.39 is 4.92 Å². The molecule has 0 fully saturated rings. The van der Waals surface area contributed by atoms with Crippen LogP contribution in [0.2, 0.25) is 0 Å². The van der Waals surface area contributed by atoms with E-state index in [0.717, 1.165) is 16.8 Å². The van der Waals surface area contributed by atoms with E-state index in [1.165, 1.54) is 12.1 Å². The van der Waals surface area contributed by atoms with Gasteiger partial charge in [0.15, 0.2) is 0 Å². The first-order valence-electron chi connectivity index (χ1n) is 11.5. The van der Waals surface area contributed by atoms with E-state index in [2.05, 4.69) is 36.1 Å². The number of hydrogen-bond donors (Lipinski definition) is 3. The molecule has 0 saturated heterocycles. The van der Waals surface area contributed by atoms with E-state index in [4.69, 9.17) is 9.47 Å². The minimum absolute atomic E-state index is 0.0195. The fourth-order valence-corrected chi connectivity index (χ4v) is 3.37. The van der Waals surface area contributed by atoms with Crippen LogP contribution >= 0.6 is 0 Å². The number of hydrogen-bond acceptors (Lipinski definition) is 11. The molecule has 3 aromatic carbocycles. The van der Waals surface area contributed by atoms with Crippen LogP contribution in [0.15, 0.2) is 65.8 Å². The smallest absolute Gasteiger partial charge is 0.269 e. The van der Waals surface area contributed by atoms with E-state index >= 15 is 0 Å². The van der Waals surface area contributed by atoms with Gasteiger partial charge in [0.25, 0.3) is 5.69 Å². The Balaban J connectivity index is 1.60. The fraction of sp³-hybridized carbons (Fsp3) is 0.154. The number of benzene rings is 3. The highest BCUT2D eigenvalue weighted by molar-refractivity contribution is 5.84. The molecule has 0 saturated carbocycles. The van der Waals surface area contributed by atoms with Crippen molar-refractivity contribution in [3.05, 3.63) is 87.5 Å². The number of nitro benzene ring substituents is 1. The summed E-state index contributed by atoms with van der Waals surface area (Å²) in [5, 5.41) is 21.4. The third-order valence-electron chi connectivity index (χ3n) is 5.54. The van der Waals surface area contributed by atoms with Crippen molar-refractivity contribution in [2.45, 2.75) is 13.8 Å². The van der Waals surface area contributed by atoms with Crippen molar-refractivity contribution in [1.29, 1.82) is 0 Å². The molecule has 0 atom stereocenters. The van der Waals surface area contributed by atoms with Gasteiger partial charge >= 0.3 is 0 Å². The lowest BCUT2D eigenvalue weighted by Crippen LogP contribution is -2.07. The summed E-state index contributed by atoms with van der Waals surface area (Å²) in [5.74, 6) is 1.89. The van der Waals surface area contributed by atoms with Crippen molar-refractivity contribution >= 4 is 41.1 Å². The molecule has 12 heteroatoms. The Morgan fingerprint density at radius 1 is 0.816 bits per heavy atom. The average Bonchev–Trinajstić information content (AvgIpc) is 2.91. The van der Waals surface area contributed by atoms with Crippen molar-refractivity contribution in [2.24, 2.45) is 5.10 Å². The number of nitrogens with one attached hydrogen (secondary N) is 3. The van der Waals surface area contributed by atoms with Gasteiger partial charge in [0, 0.05) is 35.1 Å². The van der Waals surface area contributed by atoms with E-state index in [9.17, 15) is 10.1 Å². The molecule has 0 amide bonds. The molecular weight excluding hydrogens is 488 g/mol. The van der Waals surface area contributed by atoms with E-state index in [0.29, 0.717) is 22.7 Å². The monoisotopic (exact) mass is 514 g/mol. The zero-order valence-corrected chi connectivity index (χ0v) is 21.2.